The number of anilines is 2. The lowest BCUT2D eigenvalue weighted by atomic mass is 10.2. The Labute approximate surface area is 87.1 Å². The highest BCUT2D eigenvalue weighted by molar-refractivity contribution is 8.01. The van der Waals surface area contributed by atoms with Crippen LogP contribution in [0.15, 0.2) is 23.1 Å². The summed E-state index contributed by atoms with van der Waals surface area (Å²) in [5.41, 5.74) is 7.29. The molecular formula is C10H12N2OS. The molecular weight excluding hydrogens is 196 g/mol. The zero-order chi connectivity index (χ0) is 10.1. The number of nitrogens with two attached hydrogens (primary N) is 1. The smallest absolute Gasteiger partial charge is 0.237 e. The third kappa shape index (κ3) is 1.57. The van der Waals surface area contributed by atoms with Gasteiger partial charge >= 0.3 is 0 Å². The van der Waals surface area contributed by atoms with Crippen LogP contribution in [0.3, 0.4) is 0 Å². The van der Waals surface area contributed by atoms with Crippen molar-refractivity contribution < 1.29 is 4.79 Å². The molecule has 1 atom stereocenters. The summed E-state index contributed by atoms with van der Waals surface area (Å²) >= 11 is 1.59. The van der Waals surface area contributed by atoms with E-state index in [-0.39, 0.29) is 11.2 Å². The van der Waals surface area contributed by atoms with Crippen molar-refractivity contribution in [3.63, 3.8) is 0 Å². The van der Waals surface area contributed by atoms with Crippen LogP contribution < -0.4 is 11.1 Å². The summed E-state index contributed by atoms with van der Waals surface area (Å²) in [5, 5.41) is 2.89. The van der Waals surface area contributed by atoms with Gasteiger partial charge < -0.3 is 11.1 Å². The molecule has 1 unspecified atom stereocenters. The summed E-state index contributed by atoms with van der Waals surface area (Å²) in [5.74, 6) is 0.0924. The van der Waals surface area contributed by atoms with Crippen LogP contribution in [0.5, 0.6) is 0 Å². The molecule has 0 aromatic heterocycles. The molecule has 3 N–H and O–H groups in total. The van der Waals surface area contributed by atoms with Crippen LogP contribution in [0.1, 0.15) is 13.3 Å². The van der Waals surface area contributed by atoms with Gasteiger partial charge in [-0.1, -0.05) is 6.92 Å². The molecule has 0 spiro atoms. The Morgan fingerprint density at radius 2 is 2.36 bits per heavy atom. The van der Waals surface area contributed by atoms with Crippen molar-refractivity contribution in [1.29, 1.82) is 0 Å². The van der Waals surface area contributed by atoms with Gasteiger partial charge in [-0.15, -0.1) is 11.8 Å². The van der Waals surface area contributed by atoms with Crippen molar-refractivity contribution in [3.8, 4) is 0 Å². The molecule has 0 bridgehead atoms. The second-order valence-electron chi connectivity index (χ2n) is 3.26. The van der Waals surface area contributed by atoms with E-state index in [0.717, 1.165) is 22.7 Å². The number of nitrogen functional groups attached to an aromatic ring is 1. The lowest BCUT2D eigenvalue weighted by Gasteiger charge is -2.23. The molecule has 3 nitrogen and oxygen atoms in total. The van der Waals surface area contributed by atoms with Gasteiger partial charge in [0.15, 0.2) is 0 Å². The van der Waals surface area contributed by atoms with E-state index in [2.05, 4.69) is 5.32 Å². The average molecular weight is 208 g/mol. The number of carbonyl (C=O) groups excluding carboxylic acids is 1. The zero-order valence-electron chi connectivity index (χ0n) is 7.91. The molecule has 1 amide bonds. The van der Waals surface area contributed by atoms with Gasteiger partial charge in [0, 0.05) is 10.6 Å². The minimum atomic E-state index is 0.0179. The first-order valence-corrected chi connectivity index (χ1v) is 5.45. The fourth-order valence-corrected chi connectivity index (χ4v) is 2.52. The SMILES string of the molecule is CCC1Sc2cc(N)ccc2NC1=O. The highest BCUT2D eigenvalue weighted by Crippen LogP contribution is 2.37. The molecule has 0 saturated carbocycles. The predicted molar refractivity (Wildman–Crippen MR) is 59.4 cm³/mol. The molecule has 0 aliphatic carbocycles. The number of rotatable bonds is 1. The topological polar surface area (TPSA) is 55.1 Å². The third-order valence-electron chi connectivity index (χ3n) is 2.20. The molecule has 1 aliphatic rings. The van der Waals surface area contributed by atoms with Crippen molar-refractivity contribution in [3.05, 3.63) is 18.2 Å². The van der Waals surface area contributed by atoms with Crippen LogP contribution in [0.2, 0.25) is 0 Å². The first-order valence-electron chi connectivity index (χ1n) is 4.57. The molecule has 14 heavy (non-hydrogen) atoms. The molecule has 1 aromatic carbocycles. The summed E-state index contributed by atoms with van der Waals surface area (Å²) in [6, 6.07) is 5.55. The Morgan fingerprint density at radius 1 is 1.57 bits per heavy atom. The molecule has 4 heteroatoms. The van der Waals surface area contributed by atoms with Gasteiger partial charge in [0.1, 0.15) is 0 Å². The van der Waals surface area contributed by atoms with E-state index >= 15 is 0 Å². The van der Waals surface area contributed by atoms with Gasteiger partial charge in [-0.05, 0) is 24.6 Å². The summed E-state index contributed by atoms with van der Waals surface area (Å²) in [7, 11) is 0. The summed E-state index contributed by atoms with van der Waals surface area (Å²) in [4.78, 5) is 12.6. The zero-order valence-corrected chi connectivity index (χ0v) is 8.73. The monoisotopic (exact) mass is 208 g/mol. The van der Waals surface area contributed by atoms with Crippen molar-refractivity contribution in [2.24, 2.45) is 0 Å². The largest absolute Gasteiger partial charge is 0.399 e. The van der Waals surface area contributed by atoms with E-state index in [4.69, 9.17) is 5.73 Å². The number of hydrogen-bond donors (Lipinski definition) is 2. The van der Waals surface area contributed by atoms with Crippen molar-refractivity contribution >= 4 is 29.0 Å². The molecule has 2 rings (SSSR count). The maximum Gasteiger partial charge on any atom is 0.237 e. The van der Waals surface area contributed by atoms with E-state index in [1.54, 1.807) is 17.8 Å². The van der Waals surface area contributed by atoms with Crippen molar-refractivity contribution in [1.82, 2.24) is 0 Å². The lowest BCUT2D eigenvalue weighted by molar-refractivity contribution is -0.115. The summed E-state index contributed by atoms with van der Waals surface area (Å²) < 4.78 is 0. The Kier molecular flexibility index (Phi) is 2.37. The fourth-order valence-electron chi connectivity index (χ4n) is 1.43. The maximum atomic E-state index is 11.5. The van der Waals surface area contributed by atoms with Gasteiger partial charge in [0.25, 0.3) is 0 Å². The minimum Gasteiger partial charge on any atom is -0.399 e. The quantitative estimate of drug-likeness (QED) is 0.695. The first-order chi connectivity index (χ1) is 6.70. The van der Waals surface area contributed by atoms with Crippen LogP contribution in [-0.4, -0.2) is 11.2 Å². The number of fused-ring (bicyclic) bond motifs is 1. The molecule has 0 saturated heterocycles. The Hall–Kier alpha value is -1.16. The van der Waals surface area contributed by atoms with Crippen molar-refractivity contribution in [2.45, 2.75) is 23.5 Å². The maximum absolute atomic E-state index is 11.5. The molecule has 0 fully saturated rings. The van der Waals surface area contributed by atoms with Crippen molar-refractivity contribution in [2.75, 3.05) is 11.1 Å². The molecule has 74 valence electrons. The van der Waals surface area contributed by atoms with Crippen LogP contribution >= 0.6 is 11.8 Å². The molecule has 1 aliphatic heterocycles. The molecule has 1 aromatic rings. The number of hydrogen-bond acceptors (Lipinski definition) is 3. The van der Waals surface area contributed by atoms with Crippen LogP contribution in [0.4, 0.5) is 11.4 Å². The van der Waals surface area contributed by atoms with Gasteiger partial charge in [-0.2, -0.15) is 0 Å². The highest BCUT2D eigenvalue weighted by Gasteiger charge is 2.24. The van der Waals surface area contributed by atoms with Gasteiger partial charge in [-0.3, -0.25) is 4.79 Å². The van der Waals surface area contributed by atoms with Crippen LogP contribution in [-0.2, 0) is 4.79 Å². The number of carbonyl (C=O) groups is 1. The van der Waals surface area contributed by atoms with Crippen LogP contribution in [0.25, 0.3) is 0 Å². The summed E-state index contributed by atoms with van der Waals surface area (Å²) in [6.45, 7) is 2.01. The number of benzene rings is 1. The van der Waals surface area contributed by atoms with E-state index < -0.39 is 0 Å². The minimum absolute atomic E-state index is 0.0179. The number of thioether (sulfide) groups is 1. The second kappa shape index (κ2) is 3.53. The van der Waals surface area contributed by atoms with E-state index in [1.807, 2.05) is 19.1 Å². The number of nitrogens with one attached hydrogen (secondary N) is 1. The second-order valence-corrected chi connectivity index (χ2v) is 4.50. The van der Waals surface area contributed by atoms with E-state index in [0.29, 0.717) is 0 Å². The lowest BCUT2D eigenvalue weighted by Crippen LogP contribution is -2.28. The molecule has 0 radical (unpaired) electrons. The van der Waals surface area contributed by atoms with Gasteiger partial charge in [0.05, 0.1) is 10.9 Å². The predicted octanol–water partition coefficient (Wildman–Crippen LogP) is 2.09. The third-order valence-corrected chi connectivity index (χ3v) is 3.62. The van der Waals surface area contributed by atoms with E-state index in [9.17, 15) is 4.79 Å². The highest BCUT2D eigenvalue weighted by atomic mass is 32.2. The Morgan fingerprint density at radius 3 is 3.07 bits per heavy atom. The fraction of sp³-hybridized carbons (Fsp3) is 0.300. The Bertz CT molecular complexity index is 378. The summed E-state index contributed by atoms with van der Waals surface area (Å²) in [6.07, 6.45) is 0.838. The van der Waals surface area contributed by atoms with E-state index in [1.165, 1.54) is 0 Å². The molecule has 1 heterocycles. The van der Waals surface area contributed by atoms with Gasteiger partial charge in [0.2, 0.25) is 5.91 Å². The van der Waals surface area contributed by atoms with Crippen LogP contribution in [0, 0.1) is 0 Å². The average Bonchev–Trinajstić information content (AvgIpc) is 2.17. The number of amides is 1. The Balaban J connectivity index is 2.36. The first kappa shape index (κ1) is 9.40. The van der Waals surface area contributed by atoms with Gasteiger partial charge in [-0.25, -0.2) is 0 Å². The normalized spacial score (nSPS) is 20.1. The standard InChI is InChI=1S/C10H12N2OS/c1-2-8-10(13)12-7-4-3-6(11)5-9(7)14-8/h3-5,8H,2,11H2,1H3,(H,12,13).